The SMILES string of the molecule is Cc1cc(O)c(C2CCCCC2)cc1C(c1ccc(C=O)cc1)c1cc(C2CCCCC2)c(O)cc1C. The lowest BCUT2D eigenvalue weighted by atomic mass is 9.76. The van der Waals surface area contributed by atoms with Crippen LogP contribution < -0.4 is 0 Å². The molecule has 5 rings (SSSR count). The minimum atomic E-state index is -0.0495. The number of aromatic hydroxyl groups is 2. The molecule has 194 valence electrons. The molecule has 0 aromatic heterocycles. The molecule has 3 heteroatoms. The number of phenols is 2. The van der Waals surface area contributed by atoms with E-state index in [-0.39, 0.29) is 5.92 Å². The lowest BCUT2D eigenvalue weighted by molar-refractivity contribution is 0.112. The summed E-state index contributed by atoms with van der Waals surface area (Å²) in [7, 11) is 0. The van der Waals surface area contributed by atoms with Gasteiger partial charge in [0, 0.05) is 11.5 Å². The molecular weight excluding hydrogens is 456 g/mol. The van der Waals surface area contributed by atoms with Crippen LogP contribution >= 0.6 is 0 Å². The highest BCUT2D eigenvalue weighted by Crippen LogP contribution is 2.45. The average Bonchev–Trinajstić information content (AvgIpc) is 2.92. The summed E-state index contributed by atoms with van der Waals surface area (Å²) in [6.07, 6.45) is 12.8. The minimum Gasteiger partial charge on any atom is -0.508 e. The summed E-state index contributed by atoms with van der Waals surface area (Å²) in [5.74, 6) is 1.56. The van der Waals surface area contributed by atoms with Gasteiger partial charge in [0.05, 0.1) is 0 Å². The molecule has 3 aromatic carbocycles. The van der Waals surface area contributed by atoms with Crippen molar-refractivity contribution in [2.24, 2.45) is 0 Å². The van der Waals surface area contributed by atoms with Crippen LogP contribution in [0, 0.1) is 13.8 Å². The summed E-state index contributed by atoms with van der Waals surface area (Å²) in [6.45, 7) is 4.18. The van der Waals surface area contributed by atoms with Crippen LogP contribution in [0.2, 0.25) is 0 Å². The molecule has 2 aliphatic carbocycles. The van der Waals surface area contributed by atoms with Crippen LogP contribution in [0.5, 0.6) is 11.5 Å². The number of hydrogen-bond acceptors (Lipinski definition) is 3. The number of carbonyl (C=O) groups excluding carboxylic acids is 1. The Morgan fingerprint density at radius 2 is 1.11 bits per heavy atom. The zero-order valence-corrected chi connectivity index (χ0v) is 22.3. The molecule has 0 saturated heterocycles. The van der Waals surface area contributed by atoms with Gasteiger partial charge in [0.2, 0.25) is 0 Å². The van der Waals surface area contributed by atoms with Gasteiger partial charge in [0.25, 0.3) is 0 Å². The van der Waals surface area contributed by atoms with Gasteiger partial charge in [0.1, 0.15) is 17.8 Å². The van der Waals surface area contributed by atoms with Crippen molar-refractivity contribution < 1.29 is 15.0 Å². The summed E-state index contributed by atoms with van der Waals surface area (Å²) >= 11 is 0. The van der Waals surface area contributed by atoms with Gasteiger partial charge in [-0.3, -0.25) is 4.79 Å². The molecule has 0 aliphatic heterocycles. The number of benzene rings is 3. The van der Waals surface area contributed by atoms with Crippen LogP contribution in [0.1, 0.15) is 131 Å². The normalized spacial score (nSPS) is 17.3. The highest BCUT2D eigenvalue weighted by molar-refractivity contribution is 5.74. The van der Waals surface area contributed by atoms with E-state index >= 15 is 0 Å². The lowest BCUT2D eigenvalue weighted by Gasteiger charge is -2.29. The van der Waals surface area contributed by atoms with E-state index in [1.54, 1.807) is 0 Å². The zero-order chi connectivity index (χ0) is 25.9. The van der Waals surface area contributed by atoms with Crippen LogP contribution in [0.15, 0.2) is 48.5 Å². The van der Waals surface area contributed by atoms with Crippen molar-refractivity contribution in [3.63, 3.8) is 0 Å². The highest BCUT2D eigenvalue weighted by Gasteiger charge is 2.27. The Kier molecular flexibility index (Phi) is 7.69. The Morgan fingerprint density at radius 3 is 1.51 bits per heavy atom. The molecule has 2 N–H and O–H groups in total. The van der Waals surface area contributed by atoms with Gasteiger partial charge in [-0.05, 0) is 102 Å². The second-order valence-electron chi connectivity index (χ2n) is 11.4. The Labute approximate surface area is 221 Å². The molecular formula is C34H40O3. The third-order valence-corrected chi connectivity index (χ3v) is 8.95. The molecule has 37 heavy (non-hydrogen) atoms. The fourth-order valence-electron chi connectivity index (χ4n) is 6.85. The molecule has 0 radical (unpaired) electrons. The first-order valence-electron chi connectivity index (χ1n) is 14.2. The zero-order valence-electron chi connectivity index (χ0n) is 22.3. The topological polar surface area (TPSA) is 57.5 Å². The highest BCUT2D eigenvalue weighted by atomic mass is 16.3. The van der Waals surface area contributed by atoms with E-state index in [1.165, 1.54) is 49.7 Å². The summed E-state index contributed by atoms with van der Waals surface area (Å²) in [5, 5.41) is 22.0. The van der Waals surface area contributed by atoms with Crippen LogP contribution in [-0.2, 0) is 0 Å². The second-order valence-corrected chi connectivity index (χ2v) is 11.4. The number of carbonyl (C=O) groups is 1. The van der Waals surface area contributed by atoms with Crippen LogP contribution in [0.4, 0.5) is 0 Å². The van der Waals surface area contributed by atoms with E-state index in [2.05, 4.69) is 38.1 Å². The van der Waals surface area contributed by atoms with Crippen molar-refractivity contribution >= 4 is 6.29 Å². The molecule has 3 aromatic rings. The van der Waals surface area contributed by atoms with E-state index in [9.17, 15) is 15.0 Å². The molecule has 0 bridgehead atoms. The van der Waals surface area contributed by atoms with Crippen molar-refractivity contribution in [2.75, 3.05) is 0 Å². The summed E-state index contributed by atoms with van der Waals surface area (Å²) in [6, 6.07) is 16.3. The predicted molar refractivity (Wildman–Crippen MR) is 150 cm³/mol. The molecule has 0 unspecified atom stereocenters. The maximum absolute atomic E-state index is 11.4. The second kappa shape index (κ2) is 11.1. The van der Waals surface area contributed by atoms with Gasteiger partial charge in [-0.25, -0.2) is 0 Å². The smallest absolute Gasteiger partial charge is 0.150 e. The molecule has 3 nitrogen and oxygen atoms in total. The fourth-order valence-corrected chi connectivity index (χ4v) is 6.85. The van der Waals surface area contributed by atoms with E-state index in [0.717, 1.165) is 59.8 Å². The van der Waals surface area contributed by atoms with Gasteiger partial charge in [-0.15, -0.1) is 0 Å². The summed E-state index contributed by atoms with van der Waals surface area (Å²) < 4.78 is 0. The molecule has 0 atom stereocenters. The van der Waals surface area contributed by atoms with Crippen molar-refractivity contribution in [3.8, 4) is 11.5 Å². The molecule has 0 spiro atoms. The van der Waals surface area contributed by atoms with Gasteiger partial charge in [-0.2, -0.15) is 0 Å². The number of aryl methyl sites for hydroxylation is 2. The number of aldehydes is 1. The molecule has 2 aliphatic rings. The quantitative estimate of drug-likeness (QED) is 0.265. The summed E-state index contributed by atoms with van der Waals surface area (Å²) in [5.41, 5.74) is 8.44. The number of hydrogen-bond donors (Lipinski definition) is 2. The molecule has 2 saturated carbocycles. The van der Waals surface area contributed by atoms with E-state index in [1.807, 2.05) is 24.3 Å². The van der Waals surface area contributed by atoms with E-state index < -0.39 is 0 Å². The van der Waals surface area contributed by atoms with Crippen molar-refractivity contribution in [3.05, 3.63) is 93.0 Å². The van der Waals surface area contributed by atoms with Crippen molar-refractivity contribution in [1.82, 2.24) is 0 Å². The molecule has 2 fully saturated rings. The van der Waals surface area contributed by atoms with Crippen LogP contribution in [0.3, 0.4) is 0 Å². The third kappa shape index (κ3) is 5.32. The fraction of sp³-hybridized carbons (Fsp3) is 0.441. The average molecular weight is 497 g/mol. The molecule has 0 amide bonds. The van der Waals surface area contributed by atoms with Gasteiger partial charge in [0.15, 0.2) is 0 Å². The van der Waals surface area contributed by atoms with Crippen molar-refractivity contribution in [1.29, 1.82) is 0 Å². The minimum absolute atomic E-state index is 0.0495. The first-order chi connectivity index (χ1) is 18.0. The van der Waals surface area contributed by atoms with Crippen LogP contribution in [0.25, 0.3) is 0 Å². The maximum atomic E-state index is 11.4. The molecule has 0 heterocycles. The Morgan fingerprint density at radius 1 is 0.676 bits per heavy atom. The standard InChI is InChI=1S/C34H40O3/c1-22-17-32(36)30(25-9-5-3-6-10-25)19-28(22)34(27-15-13-24(21-35)14-16-27)29-20-31(33(37)18-23(29)2)26-11-7-4-8-12-26/h13-21,25-26,34,36-37H,3-12H2,1-2H3. The first kappa shape index (κ1) is 25.6. The Hall–Kier alpha value is -3.07. The number of rotatable bonds is 6. The Balaban J connectivity index is 1.68. The monoisotopic (exact) mass is 496 g/mol. The van der Waals surface area contributed by atoms with E-state index in [0.29, 0.717) is 28.9 Å². The number of phenolic OH excluding ortho intramolecular Hbond substituents is 2. The first-order valence-corrected chi connectivity index (χ1v) is 14.2. The van der Waals surface area contributed by atoms with Gasteiger partial charge < -0.3 is 10.2 Å². The van der Waals surface area contributed by atoms with E-state index in [4.69, 9.17) is 0 Å². The van der Waals surface area contributed by atoms with Gasteiger partial charge >= 0.3 is 0 Å². The predicted octanol–water partition coefficient (Wildman–Crippen LogP) is 8.80. The Bertz CT molecular complexity index is 1170. The van der Waals surface area contributed by atoms with Crippen molar-refractivity contribution in [2.45, 2.75) is 95.8 Å². The largest absolute Gasteiger partial charge is 0.508 e. The maximum Gasteiger partial charge on any atom is 0.150 e. The summed E-state index contributed by atoms with van der Waals surface area (Å²) in [4.78, 5) is 11.4. The van der Waals surface area contributed by atoms with Gasteiger partial charge in [-0.1, -0.05) is 74.9 Å². The third-order valence-electron chi connectivity index (χ3n) is 8.95. The van der Waals surface area contributed by atoms with Crippen LogP contribution in [-0.4, -0.2) is 16.5 Å². The lowest BCUT2D eigenvalue weighted by Crippen LogP contribution is -2.12.